The molecule has 0 heterocycles. The van der Waals surface area contributed by atoms with E-state index < -0.39 is 24.0 Å². The van der Waals surface area contributed by atoms with Crippen LogP contribution in [0.5, 0.6) is 0 Å². The van der Waals surface area contributed by atoms with Gasteiger partial charge >= 0.3 is 5.97 Å². The van der Waals surface area contributed by atoms with E-state index in [1.54, 1.807) is 0 Å². The molecule has 0 aromatic heterocycles. The molecule has 6 heteroatoms. The molecule has 0 aliphatic heterocycles. The molecule has 0 radical (unpaired) electrons. The number of hydrogen-bond donors (Lipinski definition) is 2. The lowest BCUT2D eigenvalue weighted by atomic mass is 10.1. The number of hydrogen-bond acceptors (Lipinski definition) is 4. The molecule has 0 aliphatic carbocycles. The molecule has 0 saturated heterocycles. The van der Waals surface area contributed by atoms with Gasteiger partial charge in [-0.05, 0) is 18.4 Å². The van der Waals surface area contributed by atoms with Gasteiger partial charge in [0.25, 0.3) is 0 Å². The highest BCUT2D eigenvalue weighted by Gasteiger charge is 2.23. The zero-order chi connectivity index (χ0) is 15.7. The average molecular weight is 325 g/mol. The van der Waals surface area contributed by atoms with E-state index in [2.05, 4.69) is 16.0 Å². The molecule has 1 rings (SSSR count). The van der Waals surface area contributed by atoms with Gasteiger partial charge in [-0.2, -0.15) is 0 Å². The Labute approximate surface area is 137 Å². The summed E-state index contributed by atoms with van der Waals surface area (Å²) in [7, 11) is 1.27. The average Bonchev–Trinajstić information content (AvgIpc) is 2.51. The maximum absolute atomic E-state index is 12.0. The summed E-state index contributed by atoms with van der Waals surface area (Å²) in [6.45, 7) is 0. The fourth-order valence-electron chi connectivity index (χ4n) is 1.86. The topological polar surface area (TPSA) is 81.4 Å². The van der Waals surface area contributed by atoms with Crippen LogP contribution in [0.3, 0.4) is 0 Å². The monoisotopic (exact) mass is 324 g/mol. The first-order valence-electron chi connectivity index (χ1n) is 6.69. The fraction of sp³-hybridized carbons (Fsp3) is 0.375. The van der Waals surface area contributed by atoms with Crippen molar-refractivity contribution in [2.24, 2.45) is 5.73 Å². The van der Waals surface area contributed by atoms with Crippen LogP contribution in [0, 0.1) is 12.3 Å². The number of halogens is 1. The maximum Gasteiger partial charge on any atom is 0.328 e. The molecule has 5 nitrogen and oxygen atoms in total. The Kier molecular flexibility index (Phi) is 9.68. The quantitative estimate of drug-likeness (QED) is 0.580. The van der Waals surface area contributed by atoms with Gasteiger partial charge in [0.05, 0.1) is 13.2 Å². The Bertz CT molecular complexity index is 514. The minimum absolute atomic E-state index is 0. The van der Waals surface area contributed by atoms with Gasteiger partial charge in [0.1, 0.15) is 6.04 Å². The van der Waals surface area contributed by atoms with Crippen LogP contribution in [0.1, 0.15) is 18.4 Å². The molecule has 1 unspecified atom stereocenters. The van der Waals surface area contributed by atoms with Crippen molar-refractivity contribution in [2.75, 3.05) is 7.11 Å². The van der Waals surface area contributed by atoms with E-state index in [-0.39, 0.29) is 12.4 Å². The third kappa shape index (κ3) is 6.61. The van der Waals surface area contributed by atoms with Crippen molar-refractivity contribution in [2.45, 2.75) is 31.3 Å². The smallest absolute Gasteiger partial charge is 0.328 e. The third-order valence-corrected chi connectivity index (χ3v) is 3.01. The summed E-state index contributed by atoms with van der Waals surface area (Å²) in [4.78, 5) is 23.6. The van der Waals surface area contributed by atoms with Gasteiger partial charge in [-0.15, -0.1) is 24.8 Å². The van der Waals surface area contributed by atoms with E-state index in [0.29, 0.717) is 19.3 Å². The number of rotatable bonds is 7. The number of terminal acetylenes is 1. The van der Waals surface area contributed by atoms with Gasteiger partial charge in [-0.25, -0.2) is 4.79 Å². The zero-order valence-corrected chi connectivity index (χ0v) is 13.3. The highest BCUT2D eigenvalue weighted by atomic mass is 35.5. The molecular formula is C16H21ClN2O3. The second-order valence-electron chi connectivity index (χ2n) is 4.62. The molecule has 0 spiro atoms. The summed E-state index contributed by atoms with van der Waals surface area (Å²) in [6.07, 6.45) is 6.27. The van der Waals surface area contributed by atoms with Gasteiger partial charge in [-0.1, -0.05) is 30.3 Å². The highest BCUT2D eigenvalue weighted by Crippen LogP contribution is 2.04. The van der Waals surface area contributed by atoms with Crippen LogP contribution in [0.2, 0.25) is 0 Å². The summed E-state index contributed by atoms with van der Waals surface area (Å²) in [5.74, 6) is 1.51. The molecule has 0 bridgehead atoms. The Morgan fingerprint density at radius 2 is 2.00 bits per heavy atom. The summed E-state index contributed by atoms with van der Waals surface area (Å²) in [6, 6.07) is 7.94. The first-order valence-corrected chi connectivity index (χ1v) is 6.69. The molecule has 0 saturated carbocycles. The van der Waals surface area contributed by atoms with E-state index in [1.807, 2.05) is 30.3 Å². The van der Waals surface area contributed by atoms with Crippen molar-refractivity contribution in [1.29, 1.82) is 0 Å². The van der Waals surface area contributed by atoms with Crippen molar-refractivity contribution in [3.05, 3.63) is 35.9 Å². The molecular weight excluding hydrogens is 304 g/mol. The van der Waals surface area contributed by atoms with Crippen molar-refractivity contribution in [1.82, 2.24) is 5.32 Å². The molecule has 3 N–H and O–H groups in total. The number of nitrogens with one attached hydrogen (secondary N) is 1. The van der Waals surface area contributed by atoms with E-state index in [0.717, 1.165) is 5.56 Å². The number of carbonyl (C=O) groups excluding carboxylic acids is 2. The SMILES string of the molecule is C#CCC[C@H](NC(=O)C(N)Cc1ccccc1)C(=O)OC.Cl. The van der Waals surface area contributed by atoms with Crippen LogP contribution in [0.15, 0.2) is 30.3 Å². The van der Waals surface area contributed by atoms with Crippen LogP contribution < -0.4 is 11.1 Å². The second-order valence-corrected chi connectivity index (χ2v) is 4.62. The van der Waals surface area contributed by atoms with Gasteiger partial charge in [0.15, 0.2) is 0 Å². The molecule has 120 valence electrons. The van der Waals surface area contributed by atoms with Gasteiger partial charge < -0.3 is 15.8 Å². The van der Waals surface area contributed by atoms with Crippen molar-refractivity contribution in [3.63, 3.8) is 0 Å². The Morgan fingerprint density at radius 3 is 2.55 bits per heavy atom. The Hall–Kier alpha value is -2.03. The highest BCUT2D eigenvalue weighted by molar-refractivity contribution is 5.87. The van der Waals surface area contributed by atoms with Crippen molar-refractivity contribution < 1.29 is 14.3 Å². The maximum atomic E-state index is 12.0. The normalized spacial score (nSPS) is 12.2. The molecule has 1 amide bonds. The van der Waals surface area contributed by atoms with E-state index in [1.165, 1.54) is 7.11 Å². The molecule has 0 aliphatic rings. The number of esters is 1. The summed E-state index contributed by atoms with van der Waals surface area (Å²) < 4.78 is 4.65. The predicted molar refractivity (Wildman–Crippen MR) is 87.4 cm³/mol. The van der Waals surface area contributed by atoms with Gasteiger partial charge in [-0.3, -0.25) is 4.79 Å². The fourth-order valence-corrected chi connectivity index (χ4v) is 1.86. The van der Waals surface area contributed by atoms with E-state index in [4.69, 9.17) is 12.2 Å². The van der Waals surface area contributed by atoms with Crippen molar-refractivity contribution in [3.8, 4) is 12.3 Å². The molecule has 1 aromatic rings. The standard InChI is InChI=1S/C16H20N2O3.ClH/c1-3-4-10-14(16(20)21-2)18-15(19)13(17)11-12-8-6-5-7-9-12;/h1,5-9,13-14H,4,10-11,17H2,2H3,(H,18,19);1H/t13?,14-;/m0./s1. The molecule has 2 atom stereocenters. The summed E-state index contributed by atoms with van der Waals surface area (Å²) in [5.41, 5.74) is 6.82. The number of nitrogens with two attached hydrogens (primary N) is 1. The minimum atomic E-state index is -0.764. The number of methoxy groups -OCH3 is 1. The van der Waals surface area contributed by atoms with Crippen LogP contribution in [-0.4, -0.2) is 31.1 Å². The number of benzene rings is 1. The lowest BCUT2D eigenvalue weighted by Crippen LogP contribution is -2.49. The summed E-state index contributed by atoms with van der Waals surface area (Å²) in [5, 5.41) is 2.59. The molecule has 0 fully saturated rings. The largest absolute Gasteiger partial charge is 0.467 e. The van der Waals surface area contributed by atoms with Gasteiger partial charge in [0.2, 0.25) is 5.91 Å². The first kappa shape index (κ1) is 20.0. The zero-order valence-electron chi connectivity index (χ0n) is 12.5. The number of ether oxygens (including phenoxy) is 1. The predicted octanol–water partition coefficient (Wildman–Crippen LogP) is 1.05. The van der Waals surface area contributed by atoms with Crippen molar-refractivity contribution >= 4 is 24.3 Å². The van der Waals surface area contributed by atoms with Crippen LogP contribution >= 0.6 is 12.4 Å². The van der Waals surface area contributed by atoms with E-state index in [9.17, 15) is 9.59 Å². The van der Waals surface area contributed by atoms with Crippen LogP contribution in [0.25, 0.3) is 0 Å². The third-order valence-electron chi connectivity index (χ3n) is 3.01. The first-order chi connectivity index (χ1) is 10.1. The lowest BCUT2D eigenvalue weighted by molar-refractivity contribution is -0.145. The Balaban J connectivity index is 0.00000441. The lowest BCUT2D eigenvalue weighted by Gasteiger charge is -2.18. The number of carbonyl (C=O) groups is 2. The second kappa shape index (κ2) is 10.7. The Morgan fingerprint density at radius 1 is 1.36 bits per heavy atom. The van der Waals surface area contributed by atoms with Crippen LogP contribution in [0.4, 0.5) is 0 Å². The minimum Gasteiger partial charge on any atom is -0.467 e. The van der Waals surface area contributed by atoms with Gasteiger partial charge in [0, 0.05) is 6.42 Å². The van der Waals surface area contributed by atoms with Crippen LogP contribution in [-0.2, 0) is 20.7 Å². The summed E-state index contributed by atoms with van der Waals surface area (Å²) >= 11 is 0. The molecule has 1 aromatic carbocycles. The van der Waals surface area contributed by atoms with E-state index >= 15 is 0 Å². The molecule has 22 heavy (non-hydrogen) atoms. The number of amides is 1.